The lowest BCUT2D eigenvalue weighted by molar-refractivity contribution is -0.617. The number of rotatable bonds is 0. The Morgan fingerprint density at radius 3 is 2.05 bits per heavy atom. The average molecular weight is 283 g/mol. The van der Waals surface area contributed by atoms with Crippen LogP contribution in [0.1, 0.15) is 0 Å². The predicted octanol–water partition coefficient (Wildman–Crippen LogP) is 4.22. The van der Waals surface area contributed by atoms with Crippen LogP contribution in [0.3, 0.4) is 0 Å². The van der Waals surface area contributed by atoms with E-state index in [1.807, 2.05) is 0 Å². The van der Waals surface area contributed by atoms with E-state index >= 15 is 0 Å². The first-order valence-corrected chi connectivity index (χ1v) is 7.55. The van der Waals surface area contributed by atoms with Gasteiger partial charge in [0.05, 0.1) is 12.4 Å². The summed E-state index contributed by atoms with van der Waals surface area (Å²) < 4.78 is 4.68. The zero-order valence-electron chi connectivity index (χ0n) is 12.3. The fourth-order valence-corrected chi connectivity index (χ4v) is 3.67. The highest BCUT2D eigenvalue weighted by atomic mass is 15.1. The molecule has 0 saturated carbocycles. The minimum atomic E-state index is 1.25. The van der Waals surface area contributed by atoms with Gasteiger partial charge in [-0.15, -0.1) is 0 Å². The largest absolute Gasteiger partial charge is 0.295 e. The first-order valence-electron chi connectivity index (χ1n) is 7.55. The van der Waals surface area contributed by atoms with Gasteiger partial charge >= 0.3 is 0 Å². The maximum Gasteiger partial charge on any atom is 0.295 e. The van der Waals surface area contributed by atoms with Crippen LogP contribution in [0.2, 0.25) is 0 Å². The number of benzene rings is 3. The lowest BCUT2D eigenvalue weighted by Crippen LogP contribution is -2.27. The molecule has 0 aliphatic heterocycles. The van der Waals surface area contributed by atoms with E-state index < -0.39 is 0 Å². The number of imidazole rings is 1. The maximum absolute atomic E-state index is 2.38. The smallest absolute Gasteiger partial charge is 0.225 e. The van der Waals surface area contributed by atoms with Crippen LogP contribution in [0.15, 0.2) is 72.8 Å². The molecule has 0 saturated heterocycles. The number of hydrogen-bond donors (Lipinski definition) is 0. The number of aryl methyl sites for hydroxylation is 1. The standard InChI is InChI=1S/C20H15N2/c1-21-18-12-6-7-13-19(18)22-17-11-5-4-9-15(17)14-8-2-3-10-16(14)20(21)22/h2-13H,1H3/q+1. The molecule has 2 heterocycles. The molecule has 3 aromatic carbocycles. The highest BCUT2D eigenvalue weighted by molar-refractivity contribution is 6.12. The number of pyridine rings is 1. The molecule has 0 radical (unpaired) electrons. The van der Waals surface area contributed by atoms with Gasteiger partial charge in [0.15, 0.2) is 11.0 Å². The highest BCUT2D eigenvalue weighted by Crippen LogP contribution is 2.30. The normalized spacial score (nSPS) is 11.9. The van der Waals surface area contributed by atoms with Crippen molar-refractivity contribution >= 4 is 38.4 Å². The van der Waals surface area contributed by atoms with Gasteiger partial charge < -0.3 is 0 Å². The number of fused-ring (bicyclic) bond motifs is 8. The quantitative estimate of drug-likeness (QED) is 0.297. The molecule has 2 nitrogen and oxygen atoms in total. The molecule has 0 amide bonds. The summed E-state index contributed by atoms with van der Waals surface area (Å²) >= 11 is 0. The van der Waals surface area contributed by atoms with E-state index in [-0.39, 0.29) is 0 Å². The molecule has 104 valence electrons. The van der Waals surface area contributed by atoms with Crippen LogP contribution in [0.4, 0.5) is 0 Å². The van der Waals surface area contributed by atoms with Crippen LogP contribution in [-0.2, 0) is 7.05 Å². The van der Waals surface area contributed by atoms with Crippen LogP contribution < -0.4 is 4.57 Å². The third kappa shape index (κ3) is 1.32. The van der Waals surface area contributed by atoms with Gasteiger partial charge in [0.2, 0.25) is 0 Å². The van der Waals surface area contributed by atoms with Crippen molar-refractivity contribution in [1.82, 2.24) is 4.40 Å². The van der Waals surface area contributed by atoms with Crippen molar-refractivity contribution in [2.75, 3.05) is 0 Å². The van der Waals surface area contributed by atoms with E-state index in [1.165, 1.54) is 38.4 Å². The topological polar surface area (TPSA) is 8.29 Å². The monoisotopic (exact) mass is 283 g/mol. The van der Waals surface area contributed by atoms with Crippen molar-refractivity contribution in [2.45, 2.75) is 0 Å². The highest BCUT2D eigenvalue weighted by Gasteiger charge is 2.21. The summed E-state index contributed by atoms with van der Waals surface area (Å²) in [5, 5.41) is 3.90. The molecule has 5 rings (SSSR count). The number of aromatic nitrogens is 2. The summed E-state index contributed by atoms with van der Waals surface area (Å²) in [5.74, 6) is 0. The maximum atomic E-state index is 2.38. The van der Waals surface area contributed by atoms with Gasteiger partial charge in [0.1, 0.15) is 5.52 Å². The van der Waals surface area contributed by atoms with E-state index in [0.717, 1.165) is 0 Å². The minimum absolute atomic E-state index is 1.25. The van der Waals surface area contributed by atoms with Crippen LogP contribution in [0.25, 0.3) is 38.4 Å². The molecule has 22 heavy (non-hydrogen) atoms. The Bertz CT molecular complexity index is 1180. The molecule has 5 aromatic rings. The van der Waals surface area contributed by atoms with Crippen molar-refractivity contribution in [1.29, 1.82) is 0 Å². The summed E-state index contributed by atoms with van der Waals surface area (Å²) in [6, 6.07) is 25.9. The molecule has 2 heteroatoms. The van der Waals surface area contributed by atoms with Gasteiger partial charge in [0, 0.05) is 10.8 Å². The van der Waals surface area contributed by atoms with Crippen molar-refractivity contribution in [3.63, 3.8) is 0 Å². The van der Waals surface area contributed by atoms with Gasteiger partial charge in [-0.05, 0) is 24.3 Å². The fourth-order valence-electron chi connectivity index (χ4n) is 3.67. The number of nitrogens with zero attached hydrogens (tertiary/aromatic N) is 2. The third-order valence-electron chi connectivity index (χ3n) is 4.62. The van der Waals surface area contributed by atoms with Gasteiger partial charge in [-0.1, -0.05) is 48.5 Å². The predicted molar refractivity (Wildman–Crippen MR) is 91.1 cm³/mol. The molecule has 0 fully saturated rings. The van der Waals surface area contributed by atoms with Gasteiger partial charge in [-0.25, -0.2) is 4.57 Å². The Labute approximate surface area is 127 Å². The summed E-state index contributed by atoms with van der Waals surface area (Å²) in [7, 11) is 2.15. The summed E-state index contributed by atoms with van der Waals surface area (Å²) in [4.78, 5) is 0. The van der Waals surface area contributed by atoms with Crippen molar-refractivity contribution < 1.29 is 4.57 Å². The lowest BCUT2D eigenvalue weighted by Gasteiger charge is -2.04. The Morgan fingerprint density at radius 1 is 0.636 bits per heavy atom. The molecular formula is C20H15N2+. The Hall–Kier alpha value is -2.87. The molecule has 0 atom stereocenters. The minimum Gasteiger partial charge on any atom is -0.225 e. The molecule has 0 aliphatic carbocycles. The molecule has 0 aliphatic rings. The molecule has 2 aromatic heterocycles. The van der Waals surface area contributed by atoms with Gasteiger partial charge in [0.25, 0.3) is 5.65 Å². The fraction of sp³-hybridized carbons (Fsp3) is 0.0500. The van der Waals surface area contributed by atoms with Crippen LogP contribution in [0, 0.1) is 0 Å². The molecule has 0 bridgehead atoms. The van der Waals surface area contributed by atoms with E-state index in [4.69, 9.17) is 0 Å². The molecule has 0 unspecified atom stereocenters. The average Bonchev–Trinajstić information content (AvgIpc) is 2.89. The summed E-state index contributed by atoms with van der Waals surface area (Å²) in [6.45, 7) is 0. The third-order valence-corrected chi connectivity index (χ3v) is 4.62. The van der Waals surface area contributed by atoms with Gasteiger partial charge in [-0.2, -0.15) is 4.40 Å². The van der Waals surface area contributed by atoms with Crippen molar-refractivity contribution in [2.24, 2.45) is 7.05 Å². The SMILES string of the molecule is C[n+]1c2ccccc2n2c3ccccc3c3ccccc3c21. The second kappa shape index (κ2) is 4.08. The van der Waals surface area contributed by atoms with E-state index in [9.17, 15) is 0 Å². The lowest BCUT2D eigenvalue weighted by atomic mass is 10.1. The zero-order chi connectivity index (χ0) is 14.7. The first-order chi connectivity index (χ1) is 10.9. The van der Waals surface area contributed by atoms with Crippen molar-refractivity contribution in [3.05, 3.63) is 72.8 Å². The molecule has 0 spiro atoms. The Balaban J connectivity index is 2.29. The Kier molecular flexibility index (Phi) is 2.18. The van der Waals surface area contributed by atoms with E-state index in [0.29, 0.717) is 0 Å². The van der Waals surface area contributed by atoms with Crippen LogP contribution in [0.5, 0.6) is 0 Å². The molecular weight excluding hydrogens is 268 g/mol. The number of hydrogen-bond acceptors (Lipinski definition) is 0. The van der Waals surface area contributed by atoms with Crippen LogP contribution in [-0.4, -0.2) is 4.40 Å². The van der Waals surface area contributed by atoms with E-state index in [1.54, 1.807) is 0 Å². The first kappa shape index (κ1) is 11.8. The summed E-state index contributed by atoms with van der Waals surface area (Å²) in [5.41, 5.74) is 5.01. The van der Waals surface area contributed by atoms with Gasteiger partial charge in [-0.3, -0.25) is 0 Å². The molecule has 0 N–H and O–H groups in total. The second-order valence-corrected chi connectivity index (χ2v) is 5.77. The zero-order valence-corrected chi connectivity index (χ0v) is 12.3. The van der Waals surface area contributed by atoms with E-state index in [2.05, 4.69) is 88.8 Å². The summed E-state index contributed by atoms with van der Waals surface area (Å²) in [6.07, 6.45) is 0. The van der Waals surface area contributed by atoms with Crippen molar-refractivity contribution in [3.8, 4) is 0 Å². The second-order valence-electron chi connectivity index (χ2n) is 5.77. The Morgan fingerprint density at radius 2 is 1.23 bits per heavy atom. The number of para-hydroxylation sites is 3. The van der Waals surface area contributed by atoms with Crippen LogP contribution >= 0.6 is 0 Å².